The van der Waals surface area contributed by atoms with Crippen molar-refractivity contribution < 1.29 is 4.74 Å². The second-order valence-electron chi connectivity index (χ2n) is 3.30. The minimum Gasteiger partial charge on any atom is -0.490 e. The number of benzene rings is 1. The van der Waals surface area contributed by atoms with Gasteiger partial charge in [-0.2, -0.15) is 0 Å². The van der Waals surface area contributed by atoms with Crippen molar-refractivity contribution in [3.05, 3.63) is 29.8 Å². The standard InChI is InChI=1S/C12H18O/c1-4-10(3)13-12-9-7-6-8-11(12)5-2/h6-10H,4-5H2,1-3H3. The van der Waals surface area contributed by atoms with E-state index in [4.69, 9.17) is 4.74 Å². The quantitative estimate of drug-likeness (QED) is 0.686. The van der Waals surface area contributed by atoms with E-state index in [0.717, 1.165) is 18.6 Å². The second-order valence-corrected chi connectivity index (χ2v) is 3.30. The molecule has 1 nitrogen and oxygen atoms in total. The maximum absolute atomic E-state index is 5.79. The van der Waals surface area contributed by atoms with Crippen molar-refractivity contribution in [1.82, 2.24) is 0 Å². The zero-order valence-corrected chi connectivity index (χ0v) is 8.71. The third kappa shape index (κ3) is 2.76. The minimum absolute atomic E-state index is 0.313. The molecule has 72 valence electrons. The summed E-state index contributed by atoms with van der Waals surface area (Å²) in [6, 6.07) is 8.25. The van der Waals surface area contributed by atoms with E-state index in [9.17, 15) is 0 Å². The molecule has 0 fully saturated rings. The van der Waals surface area contributed by atoms with Crippen molar-refractivity contribution in [2.24, 2.45) is 0 Å². The molecule has 13 heavy (non-hydrogen) atoms. The Hall–Kier alpha value is -0.980. The van der Waals surface area contributed by atoms with Crippen molar-refractivity contribution >= 4 is 0 Å². The lowest BCUT2D eigenvalue weighted by atomic mass is 10.1. The molecule has 0 radical (unpaired) electrons. The predicted molar refractivity (Wildman–Crippen MR) is 56.2 cm³/mol. The average molecular weight is 178 g/mol. The summed E-state index contributed by atoms with van der Waals surface area (Å²) >= 11 is 0. The fraction of sp³-hybridized carbons (Fsp3) is 0.500. The summed E-state index contributed by atoms with van der Waals surface area (Å²) in [6.45, 7) is 6.39. The van der Waals surface area contributed by atoms with Crippen molar-refractivity contribution in [2.45, 2.75) is 39.7 Å². The molecule has 1 heteroatoms. The monoisotopic (exact) mass is 178 g/mol. The van der Waals surface area contributed by atoms with Gasteiger partial charge in [-0.15, -0.1) is 0 Å². The average Bonchev–Trinajstić information content (AvgIpc) is 2.18. The van der Waals surface area contributed by atoms with Gasteiger partial charge < -0.3 is 4.74 Å². The van der Waals surface area contributed by atoms with Crippen molar-refractivity contribution in [3.63, 3.8) is 0 Å². The van der Waals surface area contributed by atoms with Gasteiger partial charge in [-0.05, 0) is 31.4 Å². The van der Waals surface area contributed by atoms with Crippen LogP contribution in [0.1, 0.15) is 32.8 Å². The van der Waals surface area contributed by atoms with Gasteiger partial charge in [0.2, 0.25) is 0 Å². The van der Waals surface area contributed by atoms with E-state index in [2.05, 4.69) is 32.9 Å². The van der Waals surface area contributed by atoms with Crippen molar-refractivity contribution in [1.29, 1.82) is 0 Å². The molecule has 1 atom stereocenters. The van der Waals surface area contributed by atoms with Gasteiger partial charge in [-0.3, -0.25) is 0 Å². The predicted octanol–water partition coefficient (Wildman–Crippen LogP) is 3.43. The molecule has 0 aromatic heterocycles. The molecular weight excluding hydrogens is 160 g/mol. The second kappa shape index (κ2) is 4.90. The highest BCUT2D eigenvalue weighted by Gasteiger charge is 2.04. The summed E-state index contributed by atoms with van der Waals surface area (Å²) in [6.07, 6.45) is 2.40. The summed E-state index contributed by atoms with van der Waals surface area (Å²) in [5.41, 5.74) is 1.29. The van der Waals surface area contributed by atoms with E-state index in [1.54, 1.807) is 0 Å². The van der Waals surface area contributed by atoms with Gasteiger partial charge in [0.05, 0.1) is 6.10 Å². The summed E-state index contributed by atoms with van der Waals surface area (Å²) in [4.78, 5) is 0. The van der Waals surface area contributed by atoms with Gasteiger partial charge in [0.15, 0.2) is 0 Å². The molecule has 0 aliphatic carbocycles. The van der Waals surface area contributed by atoms with Crippen LogP contribution in [0.25, 0.3) is 0 Å². The van der Waals surface area contributed by atoms with Gasteiger partial charge >= 0.3 is 0 Å². The Morgan fingerprint density at radius 3 is 2.54 bits per heavy atom. The topological polar surface area (TPSA) is 9.23 Å². The van der Waals surface area contributed by atoms with E-state index in [1.807, 2.05) is 12.1 Å². The van der Waals surface area contributed by atoms with Crippen LogP contribution in [0.15, 0.2) is 24.3 Å². The van der Waals surface area contributed by atoms with E-state index in [0.29, 0.717) is 6.10 Å². The van der Waals surface area contributed by atoms with Gasteiger partial charge in [-0.25, -0.2) is 0 Å². The molecular formula is C12H18O. The molecule has 0 bridgehead atoms. The number of ether oxygens (including phenoxy) is 1. The maximum Gasteiger partial charge on any atom is 0.122 e. The molecule has 0 N–H and O–H groups in total. The van der Waals surface area contributed by atoms with Crippen LogP contribution in [-0.4, -0.2) is 6.10 Å². The molecule has 1 unspecified atom stereocenters. The largest absolute Gasteiger partial charge is 0.490 e. The van der Waals surface area contributed by atoms with Crippen LogP contribution in [0, 0.1) is 0 Å². The first-order valence-electron chi connectivity index (χ1n) is 5.02. The number of hydrogen-bond acceptors (Lipinski definition) is 1. The lowest BCUT2D eigenvalue weighted by Crippen LogP contribution is -2.10. The number of para-hydroxylation sites is 1. The molecule has 1 aromatic carbocycles. The van der Waals surface area contributed by atoms with Crippen LogP contribution in [0.5, 0.6) is 5.75 Å². The molecule has 1 aromatic rings. The van der Waals surface area contributed by atoms with E-state index < -0.39 is 0 Å². The summed E-state index contributed by atoms with van der Waals surface area (Å²) in [5.74, 6) is 1.04. The van der Waals surface area contributed by atoms with Crippen molar-refractivity contribution in [2.75, 3.05) is 0 Å². The molecule has 0 spiro atoms. The smallest absolute Gasteiger partial charge is 0.122 e. The normalized spacial score (nSPS) is 12.5. The minimum atomic E-state index is 0.313. The fourth-order valence-electron chi connectivity index (χ4n) is 1.21. The highest BCUT2D eigenvalue weighted by atomic mass is 16.5. The summed E-state index contributed by atoms with van der Waals surface area (Å²) < 4.78 is 5.79. The van der Waals surface area contributed by atoms with Gasteiger partial charge in [0, 0.05) is 0 Å². The summed E-state index contributed by atoms with van der Waals surface area (Å²) in [5, 5.41) is 0. The molecule has 0 aliphatic heterocycles. The van der Waals surface area contributed by atoms with Crippen LogP contribution in [-0.2, 0) is 6.42 Å². The number of rotatable bonds is 4. The lowest BCUT2D eigenvalue weighted by molar-refractivity contribution is 0.215. The third-order valence-electron chi connectivity index (χ3n) is 2.26. The maximum atomic E-state index is 5.79. The molecule has 0 heterocycles. The van der Waals surface area contributed by atoms with E-state index in [-0.39, 0.29) is 0 Å². The van der Waals surface area contributed by atoms with Crippen molar-refractivity contribution in [3.8, 4) is 5.75 Å². The number of hydrogen-bond donors (Lipinski definition) is 0. The van der Waals surface area contributed by atoms with Crippen LogP contribution >= 0.6 is 0 Å². The Morgan fingerprint density at radius 1 is 1.23 bits per heavy atom. The third-order valence-corrected chi connectivity index (χ3v) is 2.26. The Kier molecular flexibility index (Phi) is 3.81. The lowest BCUT2D eigenvalue weighted by Gasteiger charge is -2.15. The highest BCUT2D eigenvalue weighted by Crippen LogP contribution is 2.20. The molecule has 0 saturated carbocycles. The highest BCUT2D eigenvalue weighted by molar-refractivity contribution is 5.33. The van der Waals surface area contributed by atoms with Crippen LogP contribution < -0.4 is 4.74 Å². The van der Waals surface area contributed by atoms with Gasteiger partial charge in [-0.1, -0.05) is 32.0 Å². The Morgan fingerprint density at radius 2 is 1.92 bits per heavy atom. The zero-order chi connectivity index (χ0) is 9.68. The van der Waals surface area contributed by atoms with Crippen LogP contribution in [0.2, 0.25) is 0 Å². The van der Waals surface area contributed by atoms with Gasteiger partial charge in [0.1, 0.15) is 5.75 Å². The zero-order valence-electron chi connectivity index (χ0n) is 8.71. The Bertz CT molecular complexity index is 255. The van der Waals surface area contributed by atoms with Crippen LogP contribution in [0.4, 0.5) is 0 Å². The van der Waals surface area contributed by atoms with Gasteiger partial charge in [0.25, 0.3) is 0 Å². The Labute approximate surface area is 80.7 Å². The Balaban J connectivity index is 2.74. The molecule has 0 aliphatic rings. The van der Waals surface area contributed by atoms with E-state index >= 15 is 0 Å². The van der Waals surface area contributed by atoms with E-state index in [1.165, 1.54) is 5.56 Å². The first-order chi connectivity index (χ1) is 6.27. The number of aryl methyl sites for hydroxylation is 1. The first kappa shape index (κ1) is 10.1. The molecule has 0 amide bonds. The first-order valence-corrected chi connectivity index (χ1v) is 5.02. The molecule has 1 rings (SSSR count). The summed E-state index contributed by atoms with van der Waals surface area (Å²) in [7, 11) is 0. The molecule has 0 saturated heterocycles. The van der Waals surface area contributed by atoms with Crippen LogP contribution in [0.3, 0.4) is 0 Å². The fourth-order valence-corrected chi connectivity index (χ4v) is 1.21. The SMILES string of the molecule is CCc1ccccc1OC(C)CC.